The van der Waals surface area contributed by atoms with E-state index in [1.54, 1.807) is 12.1 Å². The Labute approximate surface area is 104 Å². The van der Waals surface area contributed by atoms with E-state index in [-0.39, 0.29) is 5.78 Å². The lowest BCUT2D eigenvalue weighted by Crippen LogP contribution is -2.06. The van der Waals surface area contributed by atoms with Crippen LogP contribution in [-0.4, -0.2) is 12.4 Å². The van der Waals surface area contributed by atoms with Crippen molar-refractivity contribution in [3.05, 3.63) is 22.2 Å². The van der Waals surface area contributed by atoms with Crippen LogP contribution in [0.1, 0.15) is 37.0 Å². The molecule has 4 heteroatoms. The molecule has 1 rings (SSSR count). The normalized spacial score (nSPS) is 10.2. The predicted octanol–water partition coefficient (Wildman–Crippen LogP) is 3.41. The maximum absolute atomic E-state index is 11.4. The number of carbonyl (C=O) groups excluding carboxylic acids is 1. The Bertz CT molecular complexity index is 391. The maximum Gasteiger partial charge on any atom is 0.163 e. The van der Waals surface area contributed by atoms with Crippen LogP contribution in [-0.2, 0) is 0 Å². The van der Waals surface area contributed by atoms with E-state index in [4.69, 9.17) is 10.5 Å². The lowest BCUT2D eigenvalue weighted by atomic mass is 10.1. The zero-order valence-corrected chi connectivity index (χ0v) is 11.1. The molecule has 0 fully saturated rings. The van der Waals surface area contributed by atoms with Crippen LogP contribution in [0.5, 0.6) is 5.75 Å². The molecular weight excluding hydrogens is 270 g/mol. The number of nitrogen functional groups attached to an aromatic ring is 1. The second-order valence-corrected chi connectivity index (χ2v) is 4.55. The summed E-state index contributed by atoms with van der Waals surface area (Å²) in [6.07, 6.45) is 2.00. The fraction of sp³-hybridized carbons (Fsp3) is 0.417. The number of nitrogens with two attached hydrogens (primary N) is 1. The fourth-order valence-electron chi connectivity index (χ4n) is 1.36. The van der Waals surface area contributed by atoms with Gasteiger partial charge in [0.2, 0.25) is 0 Å². The van der Waals surface area contributed by atoms with E-state index >= 15 is 0 Å². The molecule has 88 valence electrons. The summed E-state index contributed by atoms with van der Waals surface area (Å²) in [4.78, 5) is 11.4. The Hall–Kier alpha value is -1.03. The minimum absolute atomic E-state index is 0.0421. The molecule has 0 aliphatic heterocycles. The summed E-state index contributed by atoms with van der Waals surface area (Å²) in [5.41, 5.74) is 6.86. The van der Waals surface area contributed by atoms with Crippen molar-refractivity contribution in [2.45, 2.75) is 26.7 Å². The number of benzene rings is 1. The van der Waals surface area contributed by atoms with Gasteiger partial charge in [-0.1, -0.05) is 29.3 Å². The third-order valence-corrected chi connectivity index (χ3v) is 2.66. The first-order chi connectivity index (χ1) is 7.56. The largest absolute Gasteiger partial charge is 0.491 e. The molecule has 0 aliphatic carbocycles. The van der Waals surface area contributed by atoms with E-state index in [1.165, 1.54) is 6.92 Å². The molecule has 0 unspecified atom stereocenters. The van der Waals surface area contributed by atoms with Gasteiger partial charge in [0.1, 0.15) is 0 Å². The Morgan fingerprint density at radius 2 is 2.19 bits per heavy atom. The molecular formula is C12H16BrNO2. The summed E-state index contributed by atoms with van der Waals surface area (Å²) in [6, 6.07) is 3.48. The van der Waals surface area contributed by atoms with Crippen molar-refractivity contribution >= 4 is 27.4 Å². The zero-order chi connectivity index (χ0) is 12.1. The van der Waals surface area contributed by atoms with Crippen LogP contribution in [0.3, 0.4) is 0 Å². The number of carbonyl (C=O) groups is 1. The average molecular weight is 286 g/mol. The standard InChI is InChI=1S/C12H16BrNO2/c1-3-4-5-16-12-10(8(2)15)6-9(13)7-11(12)14/h6-7H,3-5,14H2,1-2H3. The van der Waals surface area contributed by atoms with Crippen molar-refractivity contribution in [1.82, 2.24) is 0 Å². The monoisotopic (exact) mass is 285 g/mol. The smallest absolute Gasteiger partial charge is 0.163 e. The number of Topliss-reactive ketones (excluding diaryl/α,β-unsaturated/α-hetero) is 1. The molecule has 16 heavy (non-hydrogen) atoms. The highest BCUT2D eigenvalue weighted by Gasteiger charge is 2.13. The second-order valence-electron chi connectivity index (χ2n) is 3.63. The molecule has 3 nitrogen and oxygen atoms in total. The van der Waals surface area contributed by atoms with Gasteiger partial charge in [0.05, 0.1) is 17.9 Å². The molecule has 0 bridgehead atoms. The second kappa shape index (κ2) is 5.89. The van der Waals surface area contributed by atoms with Gasteiger partial charge in [-0.25, -0.2) is 0 Å². The molecule has 0 radical (unpaired) electrons. The number of hydrogen-bond acceptors (Lipinski definition) is 3. The van der Waals surface area contributed by atoms with Crippen LogP contribution in [0.4, 0.5) is 5.69 Å². The van der Waals surface area contributed by atoms with E-state index in [2.05, 4.69) is 22.9 Å². The molecule has 0 saturated heterocycles. The number of ether oxygens (including phenoxy) is 1. The quantitative estimate of drug-likeness (QED) is 0.512. The molecule has 0 atom stereocenters. The summed E-state index contributed by atoms with van der Waals surface area (Å²) < 4.78 is 6.35. The van der Waals surface area contributed by atoms with Crippen molar-refractivity contribution < 1.29 is 9.53 Å². The highest BCUT2D eigenvalue weighted by Crippen LogP contribution is 2.31. The lowest BCUT2D eigenvalue weighted by molar-refractivity contribution is 0.101. The van der Waals surface area contributed by atoms with Crippen molar-refractivity contribution in [1.29, 1.82) is 0 Å². The van der Waals surface area contributed by atoms with E-state index in [0.717, 1.165) is 17.3 Å². The summed E-state index contributed by atoms with van der Waals surface area (Å²) in [5, 5.41) is 0. The summed E-state index contributed by atoms with van der Waals surface area (Å²) in [6.45, 7) is 4.18. The van der Waals surface area contributed by atoms with Gasteiger partial charge in [0, 0.05) is 4.47 Å². The first kappa shape index (κ1) is 13.0. The van der Waals surface area contributed by atoms with Crippen molar-refractivity contribution in [2.24, 2.45) is 0 Å². The number of hydrogen-bond donors (Lipinski definition) is 1. The van der Waals surface area contributed by atoms with E-state index < -0.39 is 0 Å². The summed E-state index contributed by atoms with van der Waals surface area (Å²) >= 11 is 3.31. The summed E-state index contributed by atoms with van der Waals surface area (Å²) in [7, 11) is 0. The van der Waals surface area contributed by atoms with Crippen molar-refractivity contribution in [3.63, 3.8) is 0 Å². The molecule has 0 aromatic heterocycles. The number of ketones is 1. The van der Waals surface area contributed by atoms with Gasteiger partial charge in [-0.3, -0.25) is 4.79 Å². The minimum atomic E-state index is -0.0421. The van der Waals surface area contributed by atoms with Crippen LogP contribution in [0.15, 0.2) is 16.6 Å². The third-order valence-electron chi connectivity index (χ3n) is 2.21. The minimum Gasteiger partial charge on any atom is -0.491 e. The van der Waals surface area contributed by atoms with Gasteiger partial charge in [0.15, 0.2) is 11.5 Å². The average Bonchev–Trinajstić information content (AvgIpc) is 2.20. The molecule has 1 aromatic carbocycles. The van der Waals surface area contributed by atoms with Gasteiger partial charge in [-0.15, -0.1) is 0 Å². The first-order valence-corrected chi connectivity index (χ1v) is 6.08. The molecule has 0 aliphatic rings. The number of rotatable bonds is 5. The summed E-state index contributed by atoms with van der Waals surface area (Å²) in [5.74, 6) is 0.462. The van der Waals surface area contributed by atoms with E-state index in [1.807, 2.05) is 0 Å². The lowest BCUT2D eigenvalue weighted by Gasteiger charge is -2.12. The zero-order valence-electron chi connectivity index (χ0n) is 9.55. The fourth-order valence-corrected chi connectivity index (χ4v) is 1.83. The first-order valence-electron chi connectivity index (χ1n) is 5.29. The Morgan fingerprint density at radius 1 is 1.50 bits per heavy atom. The maximum atomic E-state index is 11.4. The number of anilines is 1. The van der Waals surface area contributed by atoms with Gasteiger partial charge < -0.3 is 10.5 Å². The SMILES string of the molecule is CCCCOc1c(N)cc(Br)cc1C(C)=O. The van der Waals surface area contributed by atoms with Crippen LogP contribution in [0.2, 0.25) is 0 Å². The molecule has 0 amide bonds. The van der Waals surface area contributed by atoms with Gasteiger partial charge in [-0.05, 0) is 25.5 Å². The van der Waals surface area contributed by atoms with Crippen molar-refractivity contribution in [2.75, 3.05) is 12.3 Å². The molecule has 1 aromatic rings. The molecule has 2 N–H and O–H groups in total. The highest BCUT2D eigenvalue weighted by molar-refractivity contribution is 9.10. The Morgan fingerprint density at radius 3 is 2.75 bits per heavy atom. The van der Waals surface area contributed by atoms with E-state index in [9.17, 15) is 4.79 Å². The van der Waals surface area contributed by atoms with Crippen LogP contribution >= 0.6 is 15.9 Å². The third kappa shape index (κ3) is 3.23. The molecule has 0 saturated carbocycles. The van der Waals surface area contributed by atoms with Crippen LogP contribution in [0, 0.1) is 0 Å². The topological polar surface area (TPSA) is 52.3 Å². The van der Waals surface area contributed by atoms with Gasteiger partial charge >= 0.3 is 0 Å². The molecule has 0 spiro atoms. The Balaban J connectivity index is 2.99. The highest BCUT2D eigenvalue weighted by atomic mass is 79.9. The Kier molecular flexibility index (Phi) is 4.80. The number of unbranched alkanes of at least 4 members (excludes halogenated alkanes) is 1. The van der Waals surface area contributed by atoms with Crippen LogP contribution in [0.25, 0.3) is 0 Å². The van der Waals surface area contributed by atoms with Gasteiger partial charge in [0.25, 0.3) is 0 Å². The van der Waals surface area contributed by atoms with Crippen molar-refractivity contribution in [3.8, 4) is 5.75 Å². The van der Waals surface area contributed by atoms with E-state index in [0.29, 0.717) is 23.6 Å². The predicted molar refractivity (Wildman–Crippen MR) is 69.0 cm³/mol. The molecule has 0 heterocycles. The van der Waals surface area contributed by atoms with Crippen LogP contribution < -0.4 is 10.5 Å². The number of halogens is 1. The van der Waals surface area contributed by atoms with Gasteiger partial charge in [-0.2, -0.15) is 0 Å².